The topological polar surface area (TPSA) is 96.7 Å². The van der Waals surface area contributed by atoms with E-state index in [9.17, 15) is 10.2 Å². The maximum atomic E-state index is 10.1. The van der Waals surface area contributed by atoms with Crippen LogP contribution in [0.3, 0.4) is 0 Å². The van der Waals surface area contributed by atoms with Crippen molar-refractivity contribution in [2.24, 2.45) is 0 Å². The summed E-state index contributed by atoms with van der Waals surface area (Å²) in [6, 6.07) is 14.3. The lowest BCUT2D eigenvalue weighted by atomic mass is 9.98. The lowest BCUT2D eigenvalue weighted by Crippen LogP contribution is -1.97. The van der Waals surface area contributed by atoms with Crippen molar-refractivity contribution < 1.29 is 19.7 Å². The summed E-state index contributed by atoms with van der Waals surface area (Å²) >= 11 is 0. The quantitative estimate of drug-likeness (QED) is 0.441. The van der Waals surface area contributed by atoms with Gasteiger partial charge in [-0.05, 0) is 60.0 Å². The first kappa shape index (κ1) is 19.3. The number of anilines is 2. The average molecular weight is 403 g/mol. The van der Waals surface area contributed by atoms with Crippen LogP contribution < -0.4 is 14.8 Å². The third-order valence-corrected chi connectivity index (χ3v) is 4.91. The first-order valence-electron chi connectivity index (χ1n) is 9.27. The molecular weight excluding hydrogens is 382 g/mol. The van der Waals surface area contributed by atoms with E-state index in [2.05, 4.69) is 15.3 Å². The van der Waals surface area contributed by atoms with Crippen LogP contribution in [0.15, 0.2) is 54.9 Å². The van der Waals surface area contributed by atoms with Gasteiger partial charge in [0, 0.05) is 17.1 Å². The largest absolute Gasteiger partial charge is 0.504 e. The zero-order valence-electron chi connectivity index (χ0n) is 16.8. The molecule has 0 fully saturated rings. The summed E-state index contributed by atoms with van der Waals surface area (Å²) < 4.78 is 10.3. The minimum Gasteiger partial charge on any atom is -0.504 e. The highest BCUT2D eigenvalue weighted by atomic mass is 16.5. The molecule has 0 atom stereocenters. The van der Waals surface area contributed by atoms with Crippen LogP contribution in [-0.2, 0) is 0 Å². The Bertz CT molecular complexity index is 1240. The fraction of sp³-hybridized carbons (Fsp3) is 0.130. The highest BCUT2D eigenvalue weighted by Crippen LogP contribution is 2.36. The summed E-state index contributed by atoms with van der Waals surface area (Å²) in [4.78, 5) is 8.77. The molecular formula is C23H21N3O4. The van der Waals surface area contributed by atoms with Gasteiger partial charge in [0.05, 0.1) is 19.7 Å². The molecule has 0 aliphatic heterocycles. The standard InChI is InChI=1S/C23H21N3O4/c1-13-8-18-17(11-16(13)14-4-6-19(27)22(9-14)30-3)23(25-12-24-18)26-15-5-7-21(29-2)20(28)10-15/h4-12,27-28H,1-3H3,(H,24,25,26). The van der Waals surface area contributed by atoms with E-state index < -0.39 is 0 Å². The molecule has 0 aliphatic carbocycles. The monoisotopic (exact) mass is 403 g/mol. The number of benzene rings is 3. The number of aryl methyl sites for hydroxylation is 1. The Morgan fingerprint density at radius 3 is 2.37 bits per heavy atom. The van der Waals surface area contributed by atoms with Crippen LogP contribution in [0.5, 0.6) is 23.0 Å². The number of methoxy groups -OCH3 is 2. The summed E-state index contributed by atoms with van der Waals surface area (Å²) in [7, 11) is 3.02. The molecule has 3 N–H and O–H groups in total. The number of nitrogens with one attached hydrogen (secondary N) is 1. The van der Waals surface area contributed by atoms with Gasteiger partial charge in [0.25, 0.3) is 0 Å². The van der Waals surface area contributed by atoms with Crippen LogP contribution in [0.4, 0.5) is 11.5 Å². The molecule has 7 nitrogen and oxygen atoms in total. The molecule has 0 aliphatic rings. The molecule has 152 valence electrons. The second-order valence-corrected chi connectivity index (χ2v) is 6.80. The van der Waals surface area contributed by atoms with Gasteiger partial charge in [-0.2, -0.15) is 0 Å². The van der Waals surface area contributed by atoms with Crippen LogP contribution >= 0.6 is 0 Å². The fourth-order valence-electron chi connectivity index (χ4n) is 3.37. The molecule has 0 radical (unpaired) electrons. The number of phenols is 2. The van der Waals surface area contributed by atoms with Gasteiger partial charge in [-0.15, -0.1) is 0 Å². The minimum absolute atomic E-state index is 0.0357. The SMILES string of the molecule is COc1ccc(Nc2ncnc3cc(C)c(-c4ccc(O)c(OC)c4)cc23)cc1O. The van der Waals surface area contributed by atoms with E-state index in [0.717, 1.165) is 27.6 Å². The van der Waals surface area contributed by atoms with Gasteiger partial charge in [-0.25, -0.2) is 9.97 Å². The van der Waals surface area contributed by atoms with Crippen LogP contribution in [0.1, 0.15) is 5.56 Å². The molecule has 0 spiro atoms. The minimum atomic E-state index is 0.0357. The van der Waals surface area contributed by atoms with Crippen molar-refractivity contribution in [3.63, 3.8) is 0 Å². The second-order valence-electron chi connectivity index (χ2n) is 6.80. The maximum Gasteiger partial charge on any atom is 0.161 e. The van der Waals surface area contributed by atoms with Gasteiger partial charge in [0.15, 0.2) is 23.0 Å². The normalized spacial score (nSPS) is 10.8. The number of rotatable bonds is 5. The van der Waals surface area contributed by atoms with Gasteiger partial charge in [0.1, 0.15) is 12.1 Å². The van der Waals surface area contributed by atoms with Crippen LogP contribution in [0, 0.1) is 6.92 Å². The molecule has 0 saturated heterocycles. The van der Waals surface area contributed by atoms with Crippen molar-refractivity contribution in [1.29, 1.82) is 0 Å². The third-order valence-electron chi connectivity index (χ3n) is 4.91. The summed E-state index contributed by atoms with van der Waals surface area (Å²) in [6.45, 7) is 2.00. The van der Waals surface area contributed by atoms with Gasteiger partial charge in [-0.3, -0.25) is 0 Å². The van der Waals surface area contributed by atoms with E-state index in [4.69, 9.17) is 9.47 Å². The second kappa shape index (κ2) is 7.79. The Balaban J connectivity index is 1.81. The summed E-state index contributed by atoms with van der Waals surface area (Å²) in [6.07, 6.45) is 1.50. The maximum absolute atomic E-state index is 10.1. The van der Waals surface area contributed by atoms with Crippen LogP contribution in [0.2, 0.25) is 0 Å². The number of aromatic nitrogens is 2. The number of hydrogen-bond acceptors (Lipinski definition) is 7. The fourth-order valence-corrected chi connectivity index (χ4v) is 3.37. The third kappa shape index (κ3) is 3.53. The van der Waals surface area contributed by atoms with Crippen molar-refractivity contribution in [2.75, 3.05) is 19.5 Å². The molecule has 0 unspecified atom stereocenters. The number of nitrogens with zero attached hydrogens (tertiary/aromatic N) is 2. The Labute approximate surface area is 173 Å². The van der Waals surface area contributed by atoms with Crippen molar-refractivity contribution in [3.8, 4) is 34.1 Å². The van der Waals surface area contributed by atoms with Gasteiger partial charge in [0.2, 0.25) is 0 Å². The Hall–Kier alpha value is -4.00. The van der Waals surface area contributed by atoms with E-state index >= 15 is 0 Å². The van der Waals surface area contributed by atoms with Crippen LogP contribution in [0.25, 0.3) is 22.0 Å². The molecule has 0 amide bonds. The summed E-state index contributed by atoms with van der Waals surface area (Å²) in [5.41, 5.74) is 4.36. The van der Waals surface area contributed by atoms with E-state index in [1.165, 1.54) is 20.5 Å². The molecule has 4 aromatic rings. The molecule has 4 rings (SSSR count). The van der Waals surface area contributed by atoms with E-state index in [1.807, 2.05) is 25.1 Å². The van der Waals surface area contributed by atoms with Crippen molar-refractivity contribution in [3.05, 3.63) is 60.4 Å². The van der Waals surface area contributed by atoms with E-state index in [0.29, 0.717) is 23.0 Å². The zero-order valence-corrected chi connectivity index (χ0v) is 16.8. The lowest BCUT2D eigenvalue weighted by Gasteiger charge is -2.13. The molecule has 1 aromatic heterocycles. The van der Waals surface area contributed by atoms with Crippen molar-refractivity contribution in [1.82, 2.24) is 9.97 Å². The van der Waals surface area contributed by atoms with E-state index in [-0.39, 0.29) is 11.5 Å². The number of ether oxygens (including phenoxy) is 2. The Kier molecular flexibility index (Phi) is 5.02. The van der Waals surface area contributed by atoms with Crippen molar-refractivity contribution in [2.45, 2.75) is 6.92 Å². The van der Waals surface area contributed by atoms with Gasteiger partial charge < -0.3 is 25.0 Å². The molecule has 7 heteroatoms. The summed E-state index contributed by atoms with van der Waals surface area (Å²) in [5.74, 6) is 1.53. The highest BCUT2D eigenvalue weighted by Gasteiger charge is 2.12. The predicted octanol–water partition coefficient (Wildman–Crippen LogP) is 4.78. The molecule has 0 saturated carbocycles. The molecule has 1 heterocycles. The molecule has 0 bridgehead atoms. The summed E-state index contributed by atoms with van der Waals surface area (Å²) in [5, 5.41) is 24.0. The number of phenolic OH excluding ortho intramolecular Hbond substituents is 2. The van der Waals surface area contributed by atoms with Gasteiger partial charge >= 0.3 is 0 Å². The number of fused-ring (bicyclic) bond motifs is 1. The average Bonchev–Trinajstić information content (AvgIpc) is 2.74. The first-order chi connectivity index (χ1) is 14.5. The van der Waals surface area contributed by atoms with Gasteiger partial charge in [-0.1, -0.05) is 6.07 Å². The van der Waals surface area contributed by atoms with Crippen molar-refractivity contribution >= 4 is 22.4 Å². The number of hydrogen-bond donors (Lipinski definition) is 3. The zero-order chi connectivity index (χ0) is 21.3. The lowest BCUT2D eigenvalue weighted by molar-refractivity contribution is 0.373. The van der Waals surface area contributed by atoms with Crippen LogP contribution in [-0.4, -0.2) is 34.4 Å². The van der Waals surface area contributed by atoms with E-state index in [1.54, 1.807) is 30.3 Å². The smallest absolute Gasteiger partial charge is 0.161 e. The Morgan fingerprint density at radius 1 is 0.833 bits per heavy atom. The molecule has 30 heavy (non-hydrogen) atoms. The molecule has 3 aromatic carbocycles. The predicted molar refractivity (Wildman–Crippen MR) is 116 cm³/mol. The highest BCUT2D eigenvalue weighted by molar-refractivity contribution is 5.95. The first-order valence-corrected chi connectivity index (χ1v) is 9.27. The number of aromatic hydroxyl groups is 2. The Morgan fingerprint density at radius 2 is 1.63 bits per heavy atom.